The van der Waals surface area contributed by atoms with Crippen molar-refractivity contribution in [1.82, 2.24) is 10.3 Å². The van der Waals surface area contributed by atoms with E-state index >= 15 is 0 Å². The number of thiazole rings is 1. The quantitative estimate of drug-likeness (QED) is 0.844. The maximum Gasteiger partial charge on any atom is 0.185 e. The molecule has 0 saturated heterocycles. The second-order valence-electron chi connectivity index (χ2n) is 7.77. The molecule has 1 fully saturated rings. The van der Waals surface area contributed by atoms with E-state index in [4.69, 9.17) is 4.98 Å². The summed E-state index contributed by atoms with van der Waals surface area (Å²) in [5.41, 5.74) is 1.53. The average molecular weight is 310 g/mol. The summed E-state index contributed by atoms with van der Waals surface area (Å²) in [5, 5.41) is 4.79. The van der Waals surface area contributed by atoms with Crippen LogP contribution in [0.3, 0.4) is 0 Å². The molecule has 0 bridgehead atoms. The summed E-state index contributed by atoms with van der Waals surface area (Å²) in [6, 6.07) is 1.22. The Balaban J connectivity index is 2.17. The Morgan fingerprint density at radius 1 is 1.29 bits per heavy atom. The first-order valence-corrected chi connectivity index (χ1v) is 8.97. The normalized spacial score (nSPS) is 17.3. The summed E-state index contributed by atoms with van der Waals surface area (Å²) >= 11 is 1.86. The van der Waals surface area contributed by atoms with Gasteiger partial charge in [0.2, 0.25) is 0 Å². The van der Waals surface area contributed by atoms with Crippen LogP contribution in [-0.2, 0) is 6.54 Å². The summed E-state index contributed by atoms with van der Waals surface area (Å²) in [6.07, 6.45) is 2.67. The van der Waals surface area contributed by atoms with Gasteiger partial charge in [0.15, 0.2) is 5.13 Å². The minimum atomic E-state index is 0.255. The van der Waals surface area contributed by atoms with Crippen molar-refractivity contribution < 1.29 is 0 Å². The van der Waals surface area contributed by atoms with E-state index in [0.717, 1.165) is 17.7 Å². The van der Waals surface area contributed by atoms with Gasteiger partial charge in [0.25, 0.3) is 0 Å². The van der Waals surface area contributed by atoms with Crippen LogP contribution in [0.5, 0.6) is 0 Å². The summed E-state index contributed by atoms with van der Waals surface area (Å²) in [7, 11) is 2.18. The molecule has 0 radical (unpaired) electrons. The van der Waals surface area contributed by atoms with Crippen molar-refractivity contribution in [2.45, 2.75) is 78.9 Å². The van der Waals surface area contributed by atoms with Crippen LogP contribution in [0.25, 0.3) is 0 Å². The molecule has 0 amide bonds. The van der Waals surface area contributed by atoms with Crippen LogP contribution in [0.4, 0.5) is 5.13 Å². The topological polar surface area (TPSA) is 28.2 Å². The first kappa shape index (κ1) is 16.8. The Hall–Kier alpha value is -0.610. The number of anilines is 1. The number of rotatable bonds is 6. The van der Waals surface area contributed by atoms with Crippen molar-refractivity contribution in [3.05, 3.63) is 10.6 Å². The molecule has 1 heterocycles. The van der Waals surface area contributed by atoms with Gasteiger partial charge < -0.3 is 10.2 Å². The average Bonchev–Trinajstić information content (AvgIpc) is 3.11. The van der Waals surface area contributed by atoms with Gasteiger partial charge in [-0.1, -0.05) is 34.6 Å². The molecule has 3 nitrogen and oxygen atoms in total. The van der Waals surface area contributed by atoms with E-state index in [1.807, 2.05) is 11.3 Å². The van der Waals surface area contributed by atoms with Crippen LogP contribution in [0, 0.1) is 5.41 Å². The molecular formula is C17H31N3S. The Kier molecular flexibility index (Phi) is 4.99. The van der Waals surface area contributed by atoms with Crippen molar-refractivity contribution in [1.29, 1.82) is 0 Å². The molecule has 21 heavy (non-hydrogen) atoms. The number of hydrogen-bond acceptors (Lipinski definition) is 4. The van der Waals surface area contributed by atoms with E-state index in [9.17, 15) is 0 Å². The summed E-state index contributed by atoms with van der Waals surface area (Å²) in [6.45, 7) is 14.6. The molecule has 1 aromatic heterocycles. The Morgan fingerprint density at radius 2 is 1.90 bits per heavy atom. The second-order valence-corrected chi connectivity index (χ2v) is 8.83. The summed E-state index contributed by atoms with van der Waals surface area (Å²) in [4.78, 5) is 8.71. The minimum absolute atomic E-state index is 0.255. The van der Waals surface area contributed by atoms with E-state index in [-0.39, 0.29) is 5.41 Å². The van der Waals surface area contributed by atoms with E-state index < -0.39 is 0 Å². The first-order valence-electron chi connectivity index (χ1n) is 8.16. The highest BCUT2D eigenvalue weighted by Crippen LogP contribution is 2.34. The van der Waals surface area contributed by atoms with Crippen molar-refractivity contribution in [2.75, 3.05) is 11.9 Å². The summed E-state index contributed by atoms with van der Waals surface area (Å²) in [5.74, 6) is 0.490. The standard InChI is InChI=1S/C17H31N3S/c1-11(2)15-14(10-18-13-8-9-13)21-16(19-15)20(7)12(3)17(4,5)6/h11-13,18H,8-10H2,1-7H3. The van der Waals surface area contributed by atoms with Gasteiger partial charge in [-0.05, 0) is 31.1 Å². The molecule has 1 aromatic rings. The first-order chi connectivity index (χ1) is 9.70. The SMILES string of the molecule is CC(C)c1nc(N(C)C(C)C(C)(C)C)sc1CNC1CC1. The molecule has 0 aliphatic heterocycles. The van der Waals surface area contributed by atoms with Gasteiger partial charge in [-0.3, -0.25) is 0 Å². The van der Waals surface area contributed by atoms with Crippen LogP contribution in [0.1, 0.15) is 70.9 Å². The monoisotopic (exact) mass is 309 g/mol. The van der Waals surface area contributed by atoms with E-state index in [1.54, 1.807) is 0 Å². The van der Waals surface area contributed by atoms with Crippen LogP contribution >= 0.6 is 11.3 Å². The van der Waals surface area contributed by atoms with Crippen molar-refractivity contribution >= 4 is 16.5 Å². The lowest BCUT2D eigenvalue weighted by Gasteiger charge is -2.35. The van der Waals surface area contributed by atoms with Crippen LogP contribution in [0.15, 0.2) is 0 Å². The molecular weight excluding hydrogens is 278 g/mol. The Morgan fingerprint density at radius 3 is 2.38 bits per heavy atom. The van der Waals surface area contributed by atoms with Crippen LogP contribution in [-0.4, -0.2) is 24.1 Å². The van der Waals surface area contributed by atoms with Gasteiger partial charge in [0, 0.05) is 30.6 Å². The third kappa shape index (κ3) is 4.19. The number of aromatic nitrogens is 1. The number of nitrogens with zero attached hydrogens (tertiary/aromatic N) is 2. The Bertz CT molecular complexity index is 469. The third-order valence-electron chi connectivity index (χ3n) is 4.53. The lowest BCUT2D eigenvalue weighted by molar-refractivity contribution is 0.329. The number of nitrogens with one attached hydrogen (secondary N) is 1. The van der Waals surface area contributed by atoms with Crippen molar-refractivity contribution in [2.24, 2.45) is 5.41 Å². The molecule has 1 aliphatic rings. The minimum Gasteiger partial charge on any atom is -0.348 e. The van der Waals surface area contributed by atoms with Gasteiger partial charge in [-0.15, -0.1) is 11.3 Å². The molecule has 1 N–H and O–H groups in total. The molecule has 4 heteroatoms. The molecule has 0 aromatic carbocycles. The van der Waals surface area contributed by atoms with Crippen LogP contribution in [0.2, 0.25) is 0 Å². The molecule has 120 valence electrons. The molecule has 2 rings (SSSR count). The van der Waals surface area contributed by atoms with Crippen molar-refractivity contribution in [3.8, 4) is 0 Å². The van der Waals surface area contributed by atoms with Gasteiger partial charge in [-0.25, -0.2) is 4.98 Å². The largest absolute Gasteiger partial charge is 0.348 e. The molecule has 1 aliphatic carbocycles. The molecule has 0 spiro atoms. The fraction of sp³-hybridized carbons (Fsp3) is 0.824. The lowest BCUT2D eigenvalue weighted by atomic mass is 9.87. The van der Waals surface area contributed by atoms with Gasteiger partial charge in [0.1, 0.15) is 0 Å². The zero-order valence-corrected chi connectivity index (χ0v) is 15.5. The molecule has 1 unspecified atom stereocenters. The fourth-order valence-corrected chi connectivity index (χ4v) is 3.56. The van der Waals surface area contributed by atoms with Crippen molar-refractivity contribution in [3.63, 3.8) is 0 Å². The highest BCUT2D eigenvalue weighted by molar-refractivity contribution is 7.15. The zero-order chi connectivity index (χ0) is 15.8. The van der Waals surface area contributed by atoms with Gasteiger partial charge in [0.05, 0.1) is 5.69 Å². The highest BCUT2D eigenvalue weighted by Gasteiger charge is 2.27. The van der Waals surface area contributed by atoms with Gasteiger partial charge >= 0.3 is 0 Å². The second kappa shape index (κ2) is 6.25. The number of hydrogen-bond donors (Lipinski definition) is 1. The van der Waals surface area contributed by atoms with E-state index in [2.05, 4.69) is 58.8 Å². The predicted molar refractivity (Wildman–Crippen MR) is 93.4 cm³/mol. The highest BCUT2D eigenvalue weighted by atomic mass is 32.1. The zero-order valence-electron chi connectivity index (χ0n) is 14.7. The van der Waals surface area contributed by atoms with E-state index in [1.165, 1.54) is 23.4 Å². The maximum atomic E-state index is 4.95. The fourth-order valence-electron chi connectivity index (χ4n) is 2.35. The van der Waals surface area contributed by atoms with Gasteiger partial charge in [-0.2, -0.15) is 0 Å². The molecule has 1 saturated carbocycles. The summed E-state index contributed by atoms with van der Waals surface area (Å²) < 4.78 is 0. The third-order valence-corrected chi connectivity index (χ3v) is 5.69. The maximum absolute atomic E-state index is 4.95. The Labute approximate surface area is 134 Å². The molecule has 1 atom stereocenters. The van der Waals surface area contributed by atoms with E-state index in [0.29, 0.717) is 12.0 Å². The smallest absolute Gasteiger partial charge is 0.185 e. The lowest BCUT2D eigenvalue weighted by Crippen LogP contribution is -2.39. The van der Waals surface area contributed by atoms with Crippen LogP contribution < -0.4 is 10.2 Å². The predicted octanol–water partition coefficient (Wildman–Crippen LogP) is 4.39.